The minimum atomic E-state index is -5.48. The van der Waals surface area contributed by atoms with Crippen LogP contribution in [0.15, 0.2) is 76.6 Å². The number of thioether (sulfide) groups is 1. The molecule has 2 heterocycles. The number of carbonyl (C=O) groups excluding carboxylic acids is 2. The van der Waals surface area contributed by atoms with Crippen LogP contribution in [0.25, 0.3) is 0 Å². The number of amides is 1. The number of halogens is 7. The molecular weight excluding hydrogens is 628 g/mol. The van der Waals surface area contributed by atoms with Crippen LogP contribution < -0.4 is 10.6 Å². The summed E-state index contributed by atoms with van der Waals surface area (Å²) in [5, 5.41) is 26.0. The van der Waals surface area contributed by atoms with Crippen molar-refractivity contribution >= 4 is 52.1 Å². The second kappa shape index (κ2) is 12.0. The third kappa shape index (κ3) is 6.14. The van der Waals surface area contributed by atoms with Crippen LogP contribution in [0.2, 0.25) is 5.02 Å². The number of aliphatic hydroxyl groups is 1. The van der Waals surface area contributed by atoms with Gasteiger partial charge in [0, 0.05) is 10.9 Å². The largest absolute Gasteiger partial charge is 0.437 e. The number of anilines is 1. The molecule has 2 aromatic carbocycles. The van der Waals surface area contributed by atoms with Crippen molar-refractivity contribution in [2.45, 2.75) is 24.0 Å². The summed E-state index contributed by atoms with van der Waals surface area (Å²) in [5.41, 5.74) is -6.14. The molecule has 1 aliphatic rings. The molecule has 1 aromatic heterocycles. The molecule has 0 unspecified atom stereocenters. The van der Waals surface area contributed by atoms with Gasteiger partial charge in [0.1, 0.15) is 0 Å². The summed E-state index contributed by atoms with van der Waals surface area (Å²) in [4.78, 5) is 26.1. The van der Waals surface area contributed by atoms with Crippen LogP contribution >= 0.6 is 34.7 Å². The van der Waals surface area contributed by atoms with Gasteiger partial charge in [-0.25, -0.2) is 0 Å². The van der Waals surface area contributed by atoms with Gasteiger partial charge in [0.2, 0.25) is 11.6 Å². The Labute approximate surface area is 248 Å². The molecule has 0 fully saturated rings. The molecule has 6 nitrogen and oxygen atoms in total. The molecule has 42 heavy (non-hydrogen) atoms. The van der Waals surface area contributed by atoms with E-state index in [4.69, 9.17) is 11.6 Å². The van der Waals surface area contributed by atoms with Crippen molar-refractivity contribution in [3.8, 4) is 6.07 Å². The number of allylic oxidation sites excluding steroid dienone is 1. The van der Waals surface area contributed by atoms with Gasteiger partial charge in [-0.2, -0.15) is 31.6 Å². The lowest BCUT2D eigenvalue weighted by atomic mass is 9.70. The molecule has 220 valence electrons. The average Bonchev–Trinajstić information content (AvgIpc) is 3.46. The van der Waals surface area contributed by atoms with Crippen LogP contribution in [0.4, 0.5) is 32.0 Å². The Balaban J connectivity index is 1.78. The Morgan fingerprint density at radius 3 is 2.33 bits per heavy atom. The van der Waals surface area contributed by atoms with E-state index in [2.05, 4.69) is 5.32 Å². The fraction of sp³-hybridized carbons (Fsp3) is 0.222. The van der Waals surface area contributed by atoms with Crippen molar-refractivity contribution in [2.75, 3.05) is 11.1 Å². The number of ketones is 1. The minimum Gasteiger partial charge on any atom is -0.363 e. The third-order valence-corrected chi connectivity index (χ3v) is 8.58. The van der Waals surface area contributed by atoms with Crippen molar-refractivity contribution in [1.29, 1.82) is 5.26 Å². The Morgan fingerprint density at radius 1 is 1.07 bits per heavy atom. The van der Waals surface area contributed by atoms with Crippen LogP contribution in [-0.2, 0) is 11.0 Å². The molecule has 3 aromatic rings. The second-order valence-electron chi connectivity index (χ2n) is 8.94. The lowest BCUT2D eigenvalue weighted by Gasteiger charge is -2.45. The van der Waals surface area contributed by atoms with Gasteiger partial charge in [-0.3, -0.25) is 9.59 Å². The molecule has 0 saturated heterocycles. The number of benzene rings is 2. The van der Waals surface area contributed by atoms with Gasteiger partial charge in [0.15, 0.2) is 5.78 Å². The summed E-state index contributed by atoms with van der Waals surface area (Å²) in [7, 11) is 0. The summed E-state index contributed by atoms with van der Waals surface area (Å²) in [6.45, 7) is 0. The Kier molecular flexibility index (Phi) is 8.98. The number of nitriles is 1. The highest BCUT2D eigenvalue weighted by Crippen LogP contribution is 2.52. The predicted molar refractivity (Wildman–Crippen MR) is 146 cm³/mol. The summed E-state index contributed by atoms with van der Waals surface area (Å²) >= 11 is 7.50. The average molecular weight is 646 g/mol. The summed E-state index contributed by atoms with van der Waals surface area (Å²) in [6, 6.07) is 14.1. The van der Waals surface area contributed by atoms with Gasteiger partial charge in [-0.15, -0.1) is 11.3 Å². The zero-order chi connectivity index (χ0) is 30.9. The monoisotopic (exact) mass is 645 g/mol. The van der Waals surface area contributed by atoms with Crippen LogP contribution in [0, 0.1) is 17.2 Å². The first-order valence-electron chi connectivity index (χ1n) is 11.8. The van der Waals surface area contributed by atoms with E-state index in [1.54, 1.807) is 6.07 Å². The van der Waals surface area contributed by atoms with Crippen LogP contribution in [0.1, 0.15) is 26.7 Å². The molecule has 0 radical (unpaired) electrons. The molecule has 4 rings (SSSR count). The molecule has 0 aliphatic carbocycles. The zero-order valence-corrected chi connectivity index (χ0v) is 23.3. The van der Waals surface area contributed by atoms with Crippen LogP contribution in [-0.4, -0.2) is 34.5 Å². The van der Waals surface area contributed by atoms with E-state index < -0.39 is 69.2 Å². The molecular formula is C27H18ClF6N3O3S2. The predicted octanol–water partition coefficient (Wildman–Crippen LogP) is 6.96. The van der Waals surface area contributed by atoms with Crippen molar-refractivity contribution < 1.29 is 41.0 Å². The van der Waals surface area contributed by atoms with E-state index in [1.807, 2.05) is 5.32 Å². The van der Waals surface area contributed by atoms with Gasteiger partial charge in [-0.1, -0.05) is 59.8 Å². The van der Waals surface area contributed by atoms with Crippen LogP contribution in [0.5, 0.6) is 0 Å². The Hall–Kier alpha value is -3.51. The number of rotatable bonds is 7. The lowest BCUT2D eigenvalue weighted by molar-refractivity contribution is -0.285. The number of hydrogen-bond donors (Lipinski definition) is 3. The highest BCUT2D eigenvalue weighted by molar-refractivity contribution is 8.03. The normalized spacial score (nSPS) is 20.9. The topological polar surface area (TPSA) is 102 Å². The maximum absolute atomic E-state index is 14.6. The first-order chi connectivity index (χ1) is 19.7. The fourth-order valence-corrected chi connectivity index (χ4v) is 6.35. The smallest absolute Gasteiger partial charge is 0.363 e. The van der Waals surface area contributed by atoms with Crippen molar-refractivity contribution in [2.24, 2.45) is 5.92 Å². The zero-order valence-electron chi connectivity index (χ0n) is 20.9. The summed E-state index contributed by atoms with van der Waals surface area (Å²) < 4.78 is 83.8. The van der Waals surface area contributed by atoms with Crippen molar-refractivity contribution in [1.82, 2.24) is 5.32 Å². The molecule has 1 amide bonds. The summed E-state index contributed by atoms with van der Waals surface area (Å²) in [6.07, 6.45) is -10.3. The van der Waals surface area contributed by atoms with E-state index in [1.165, 1.54) is 47.8 Å². The number of para-hydroxylation sites is 1. The SMILES string of the molecule is N#CC1=C(SCC(=O)Nc2ccccc2C(F)(F)F)N[C@](O)(C(F)(F)F)[C@@H](C(=O)c2cccs2)[C@H]1c1ccccc1Cl. The number of alkyl halides is 6. The maximum atomic E-state index is 14.6. The Bertz CT molecular complexity index is 1570. The molecule has 0 saturated carbocycles. The quantitative estimate of drug-likeness (QED) is 0.190. The first-order valence-corrected chi connectivity index (χ1v) is 14.1. The number of Topliss-reactive ketones (excluding diaryl/α,β-unsaturated/α-hetero) is 1. The third-order valence-electron chi connectivity index (χ3n) is 6.34. The lowest BCUT2D eigenvalue weighted by Crippen LogP contribution is -2.66. The highest BCUT2D eigenvalue weighted by Gasteiger charge is 2.66. The van der Waals surface area contributed by atoms with E-state index in [9.17, 15) is 46.3 Å². The van der Waals surface area contributed by atoms with E-state index >= 15 is 0 Å². The summed E-state index contributed by atoms with van der Waals surface area (Å²) in [5.74, 6) is -6.94. The van der Waals surface area contributed by atoms with Gasteiger partial charge < -0.3 is 15.7 Å². The first kappa shape index (κ1) is 31.4. The molecule has 15 heteroatoms. The number of carbonyl (C=O) groups is 2. The molecule has 3 N–H and O–H groups in total. The number of hydrogen-bond acceptors (Lipinski definition) is 7. The second-order valence-corrected chi connectivity index (χ2v) is 11.3. The number of nitrogens with one attached hydrogen (secondary N) is 2. The van der Waals surface area contributed by atoms with Gasteiger partial charge in [0.25, 0.3) is 0 Å². The minimum absolute atomic E-state index is 0.0588. The van der Waals surface area contributed by atoms with Gasteiger partial charge in [-0.05, 0) is 35.2 Å². The number of nitrogens with zero attached hydrogens (tertiary/aromatic N) is 1. The van der Waals surface area contributed by atoms with E-state index in [-0.39, 0.29) is 15.5 Å². The molecule has 0 bridgehead atoms. The van der Waals surface area contributed by atoms with Crippen LogP contribution in [0.3, 0.4) is 0 Å². The Morgan fingerprint density at radius 2 is 1.74 bits per heavy atom. The molecule has 3 atom stereocenters. The van der Waals surface area contributed by atoms with E-state index in [0.717, 1.165) is 29.5 Å². The van der Waals surface area contributed by atoms with Gasteiger partial charge >= 0.3 is 12.4 Å². The standard InChI is InChI=1S/C27H18ClF6N3O3S2/c28-17-8-3-1-6-14(17)21-15(12-35)24(42-13-20(38)36-18-9-4-2-7-16(18)26(29,30)31)37-25(40,27(32,33)34)22(21)23(39)19-10-5-11-41-19/h1-11,21-22,37,40H,13H2,(H,36,38)/t21-,22+,25+/m0/s1. The molecule has 1 aliphatic heterocycles. The maximum Gasteiger partial charge on any atom is 0.437 e. The number of thiophene rings is 1. The van der Waals surface area contributed by atoms with Crippen molar-refractivity contribution in [3.63, 3.8) is 0 Å². The van der Waals surface area contributed by atoms with Gasteiger partial charge in [0.05, 0.1) is 44.5 Å². The molecule has 0 spiro atoms. The highest BCUT2D eigenvalue weighted by atomic mass is 35.5. The van der Waals surface area contributed by atoms with Crippen molar-refractivity contribution in [3.05, 3.63) is 97.7 Å². The fourth-order valence-electron chi connectivity index (χ4n) is 4.49. The van der Waals surface area contributed by atoms with E-state index in [0.29, 0.717) is 11.8 Å².